The monoisotopic (exact) mass is 285 g/mol. The SMILES string of the molecule is CC(C)(C)/N=N/C(C)(C)NC(=S)NNC(=O)C1CC1. The lowest BCUT2D eigenvalue weighted by Crippen LogP contribution is -2.52. The molecule has 0 spiro atoms. The Morgan fingerprint density at radius 3 is 2.16 bits per heavy atom. The van der Waals surface area contributed by atoms with Gasteiger partial charge in [0.15, 0.2) is 5.11 Å². The Morgan fingerprint density at radius 2 is 1.68 bits per heavy atom. The average Bonchev–Trinajstić information content (AvgIpc) is 3.05. The van der Waals surface area contributed by atoms with E-state index in [0.717, 1.165) is 12.8 Å². The van der Waals surface area contributed by atoms with Gasteiger partial charge in [0.2, 0.25) is 5.91 Å². The van der Waals surface area contributed by atoms with Gasteiger partial charge in [-0.2, -0.15) is 10.2 Å². The van der Waals surface area contributed by atoms with Gasteiger partial charge in [0.05, 0.1) is 5.54 Å². The first-order valence-electron chi connectivity index (χ1n) is 6.41. The van der Waals surface area contributed by atoms with Crippen molar-refractivity contribution in [2.45, 2.75) is 58.7 Å². The summed E-state index contributed by atoms with van der Waals surface area (Å²) in [6.07, 6.45) is 1.91. The molecule has 0 aromatic rings. The number of hydrogen-bond acceptors (Lipinski definition) is 4. The highest BCUT2D eigenvalue weighted by molar-refractivity contribution is 7.80. The lowest BCUT2D eigenvalue weighted by Gasteiger charge is -2.24. The lowest BCUT2D eigenvalue weighted by atomic mass is 10.1. The molecule has 0 atom stereocenters. The van der Waals surface area contributed by atoms with Gasteiger partial charge < -0.3 is 5.32 Å². The minimum absolute atomic E-state index is 0.0155. The topological polar surface area (TPSA) is 77.9 Å². The van der Waals surface area contributed by atoms with Crippen molar-refractivity contribution < 1.29 is 4.79 Å². The summed E-state index contributed by atoms with van der Waals surface area (Å²) < 4.78 is 0. The van der Waals surface area contributed by atoms with Crippen molar-refractivity contribution in [3.63, 3.8) is 0 Å². The highest BCUT2D eigenvalue weighted by atomic mass is 32.1. The van der Waals surface area contributed by atoms with Crippen molar-refractivity contribution in [1.82, 2.24) is 16.2 Å². The first-order valence-corrected chi connectivity index (χ1v) is 6.82. The fourth-order valence-corrected chi connectivity index (χ4v) is 1.48. The second kappa shape index (κ2) is 5.81. The van der Waals surface area contributed by atoms with E-state index < -0.39 is 5.66 Å². The van der Waals surface area contributed by atoms with Gasteiger partial charge in [0.25, 0.3) is 0 Å². The lowest BCUT2D eigenvalue weighted by molar-refractivity contribution is -0.122. The summed E-state index contributed by atoms with van der Waals surface area (Å²) in [5.74, 6) is 0.127. The molecule has 0 saturated heterocycles. The fourth-order valence-electron chi connectivity index (χ4n) is 1.18. The van der Waals surface area contributed by atoms with Crippen molar-refractivity contribution in [3.8, 4) is 0 Å². The van der Waals surface area contributed by atoms with Crippen LogP contribution in [0.25, 0.3) is 0 Å². The number of carbonyl (C=O) groups excluding carboxylic acids is 1. The third-order valence-corrected chi connectivity index (χ3v) is 2.47. The summed E-state index contributed by atoms with van der Waals surface area (Å²) in [6, 6.07) is 0. The van der Waals surface area contributed by atoms with Crippen molar-refractivity contribution in [2.24, 2.45) is 16.1 Å². The highest BCUT2D eigenvalue weighted by Gasteiger charge is 2.29. The van der Waals surface area contributed by atoms with E-state index in [1.165, 1.54) is 0 Å². The van der Waals surface area contributed by atoms with Gasteiger partial charge in [0, 0.05) is 5.92 Å². The van der Waals surface area contributed by atoms with E-state index in [0.29, 0.717) is 5.11 Å². The Kier molecular flexibility index (Phi) is 4.84. The van der Waals surface area contributed by atoms with Gasteiger partial charge >= 0.3 is 0 Å². The summed E-state index contributed by atoms with van der Waals surface area (Å²) in [6.45, 7) is 9.63. The van der Waals surface area contributed by atoms with Crippen molar-refractivity contribution >= 4 is 23.2 Å². The van der Waals surface area contributed by atoms with Gasteiger partial charge in [-0.3, -0.25) is 15.6 Å². The van der Waals surface area contributed by atoms with Crippen LogP contribution in [0.15, 0.2) is 10.2 Å². The van der Waals surface area contributed by atoms with E-state index in [1.807, 2.05) is 34.6 Å². The minimum atomic E-state index is -0.623. The zero-order valence-electron chi connectivity index (χ0n) is 12.2. The molecule has 0 unspecified atom stereocenters. The van der Waals surface area contributed by atoms with E-state index in [-0.39, 0.29) is 17.4 Å². The highest BCUT2D eigenvalue weighted by Crippen LogP contribution is 2.28. The van der Waals surface area contributed by atoms with Crippen LogP contribution in [0, 0.1) is 5.92 Å². The number of hydrogen-bond donors (Lipinski definition) is 3. The molecule has 1 aliphatic rings. The van der Waals surface area contributed by atoms with Crippen LogP contribution >= 0.6 is 12.2 Å². The van der Waals surface area contributed by atoms with E-state index in [1.54, 1.807) is 0 Å². The maximum absolute atomic E-state index is 11.4. The van der Waals surface area contributed by atoms with E-state index in [2.05, 4.69) is 26.4 Å². The number of amides is 1. The first kappa shape index (κ1) is 15.8. The fraction of sp³-hybridized carbons (Fsp3) is 0.833. The number of rotatable bonds is 3. The molecule has 1 aliphatic carbocycles. The maximum Gasteiger partial charge on any atom is 0.241 e. The molecule has 19 heavy (non-hydrogen) atoms. The number of carbonyl (C=O) groups is 1. The molecule has 0 aromatic carbocycles. The van der Waals surface area contributed by atoms with Crippen LogP contribution in [-0.4, -0.2) is 22.2 Å². The largest absolute Gasteiger partial charge is 0.336 e. The van der Waals surface area contributed by atoms with Crippen molar-refractivity contribution in [1.29, 1.82) is 0 Å². The summed E-state index contributed by atoms with van der Waals surface area (Å²) >= 11 is 5.10. The van der Waals surface area contributed by atoms with Crippen LogP contribution in [0.5, 0.6) is 0 Å². The Bertz CT molecular complexity index is 382. The Morgan fingerprint density at radius 1 is 1.11 bits per heavy atom. The summed E-state index contributed by atoms with van der Waals surface area (Å²) in [5, 5.41) is 11.7. The molecule has 3 N–H and O–H groups in total. The van der Waals surface area contributed by atoms with Crippen molar-refractivity contribution in [2.75, 3.05) is 0 Å². The van der Waals surface area contributed by atoms with Crippen molar-refractivity contribution in [3.05, 3.63) is 0 Å². The third-order valence-electron chi connectivity index (χ3n) is 2.27. The number of thiocarbonyl (C=S) groups is 1. The molecule has 108 valence electrons. The number of hydrazine groups is 1. The Labute approximate surface area is 119 Å². The van der Waals surface area contributed by atoms with E-state index in [4.69, 9.17) is 12.2 Å². The summed E-state index contributed by atoms with van der Waals surface area (Å²) in [7, 11) is 0. The molecule has 7 heteroatoms. The van der Waals surface area contributed by atoms with Gasteiger partial charge in [-0.25, -0.2) is 0 Å². The van der Waals surface area contributed by atoms with Crippen LogP contribution in [0.2, 0.25) is 0 Å². The molecule has 0 heterocycles. The Hall–Kier alpha value is -1.24. The molecule has 1 rings (SSSR count). The molecule has 0 radical (unpaired) electrons. The van der Waals surface area contributed by atoms with Gasteiger partial charge in [-0.1, -0.05) is 0 Å². The molecule has 0 aliphatic heterocycles. The second-order valence-corrected chi connectivity index (χ2v) is 6.68. The van der Waals surface area contributed by atoms with Crippen LogP contribution in [-0.2, 0) is 4.79 Å². The molecule has 1 amide bonds. The number of nitrogens with zero attached hydrogens (tertiary/aromatic N) is 2. The van der Waals surface area contributed by atoms with Crippen LogP contribution < -0.4 is 16.2 Å². The standard InChI is InChI=1S/C12H23N5OS/c1-11(2,3)16-17-12(4,5)13-10(19)15-14-9(18)8-6-7-8/h8H,6-7H2,1-5H3,(H,14,18)(H2,13,15,19)/b17-16+. The number of azo groups is 1. The maximum atomic E-state index is 11.4. The average molecular weight is 285 g/mol. The van der Waals surface area contributed by atoms with Gasteiger partial charge in [-0.05, 0) is 59.7 Å². The minimum Gasteiger partial charge on any atom is -0.336 e. The second-order valence-electron chi connectivity index (χ2n) is 6.27. The smallest absolute Gasteiger partial charge is 0.241 e. The normalized spacial score (nSPS) is 16.3. The summed E-state index contributed by atoms with van der Waals surface area (Å²) in [5.41, 5.74) is 4.40. The predicted molar refractivity (Wildman–Crippen MR) is 78.4 cm³/mol. The van der Waals surface area contributed by atoms with Gasteiger partial charge in [-0.15, -0.1) is 0 Å². The predicted octanol–water partition coefficient (Wildman–Crippen LogP) is 1.88. The molecule has 6 nitrogen and oxygen atoms in total. The summed E-state index contributed by atoms with van der Waals surface area (Å²) in [4.78, 5) is 11.4. The molecule has 1 saturated carbocycles. The molecule has 0 aromatic heterocycles. The zero-order chi connectivity index (χ0) is 14.7. The van der Waals surface area contributed by atoms with Crippen LogP contribution in [0.3, 0.4) is 0 Å². The van der Waals surface area contributed by atoms with E-state index in [9.17, 15) is 4.79 Å². The molecule has 0 bridgehead atoms. The quantitative estimate of drug-likeness (QED) is 0.420. The third kappa shape index (κ3) is 7.05. The molecular formula is C12H23N5OS. The van der Waals surface area contributed by atoms with Crippen LogP contribution in [0.4, 0.5) is 0 Å². The van der Waals surface area contributed by atoms with E-state index >= 15 is 0 Å². The van der Waals surface area contributed by atoms with Gasteiger partial charge in [0.1, 0.15) is 5.66 Å². The zero-order valence-corrected chi connectivity index (χ0v) is 13.0. The molecule has 1 fully saturated rings. The first-order chi connectivity index (χ1) is 8.59. The van der Waals surface area contributed by atoms with Crippen LogP contribution in [0.1, 0.15) is 47.5 Å². The number of nitrogens with one attached hydrogen (secondary N) is 3. The molecular weight excluding hydrogens is 262 g/mol. The Balaban J connectivity index is 2.37.